The first kappa shape index (κ1) is 22.4. The van der Waals surface area contributed by atoms with E-state index in [0.717, 1.165) is 12.8 Å². The topological polar surface area (TPSA) is 112 Å². The highest BCUT2D eigenvalue weighted by molar-refractivity contribution is 5.98. The lowest BCUT2D eigenvalue weighted by Crippen LogP contribution is -2.40. The molecule has 1 aliphatic heterocycles. The number of pyridine rings is 1. The monoisotopic (exact) mass is 477 g/mol. The number of rotatable bonds is 5. The van der Waals surface area contributed by atoms with Gasteiger partial charge in [-0.3, -0.25) is 4.79 Å². The van der Waals surface area contributed by atoms with Crippen molar-refractivity contribution < 1.29 is 18.3 Å². The van der Waals surface area contributed by atoms with Crippen molar-refractivity contribution in [3.8, 4) is 22.9 Å². The SMILES string of the molecule is C=CC(=O)N1CCC[C@@H](n2nc(-c3ccc(Oc4cccc(F)c4)nc3F)c3c(N)ncnc32)C1. The van der Waals surface area contributed by atoms with E-state index in [9.17, 15) is 9.18 Å². The average molecular weight is 477 g/mol. The van der Waals surface area contributed by atoms with Crippen molar-refractivity contribution in [2.24, 2.45) is 0 Å². The number of aromatic nitrogens is 5. The number of anilines is 1. The fourth-order valence-corrected chi connectivity index (χ4v) is 4.22. The van der Waals surface area contributed by atoms with Crippen molar-refractivity contribution in [2.45, 2.75) is 18.9 Å². The summed E-state index contributed by atoms with van der Waals surface area (Å²) < 4.78 is 35.8. The van der Waals surface area contributed by atoms with E-state index in [1.807, 2.05) is 0 Å². The number of likely N-dealkylation sites (tertiary alicyclic amines) is 1. The lowest BCUT2D eigenvalue weighted by atomic mass is 10.1. The highest BCUT2D eigenvalue weighted by Gasteiger charge is 2.29. The van der Waals surface area contributed by atoms with Crippen LogP contribution in [0, 0.1) is 11.8 Å². The summed E-state index contributed by atoms with van der Waals surface area (Å²) in [5.41, 5.74) is 6.89. The van der Waals surface area contributed by atoms with Crippen LogP contribution in [0.5, 0.6) is 11.6 Å². The summed E-state index contributed by atoms with van der Waals surface area (Å²) in [6, 6.07) is 8.19. The number of carbonyl (C=O) groups is 1. The highest BCUT2D eigenvalue weighted by atomic mass is 19.1. The Hall–Kier alpha value is -4.41. The first-order chi connectivity index (χ1) is 16.9. The second-order valence-corrected chi connectivity index (χ2v) is 8.08. The summed E-state index contributed by atoms with van der Waals surface area (Å²) in [7, 11) is 0. The Bertz CT molecular complexity index is 1440. The first-order valence-electron chi connectivity index (χ1n) is 10.9. The van der Waals surface area contributed by atoms with Gasteiger partial charge in [0.25, 0.3) is 0 Å². The van der Waals surface area contributed by atoms with Crippen LogP contribution in [0.25, 0.3) is 22.3 Å². The summed E-state index contributed by atoms with van der Waals surface area (Å²) in [6.45, 7) is 4.59. The molecule has 0 aliphatic carbocycles. The average Bonchev–Trinajstić information content (AvgIpc) is 3.24. The highest BCUT2D eigenvalue weighted by Crippen LogP contribution is 2.35. The molecule has 1 aliphatic rings. The molecule has 35 heavy (non-hydrogen) atoms. The van der Waals surface area contributed by atoms with Gasteiger partial charge in [-0.25, -0.2) is 19.0 Å². The smallest absolute Gasteiger partial charge is 0.246 e. The number of benzene rings is 1. The normalized spacial score (nSPS) is 15.8. The number of hydrogen-bond donors (Lipinski definition) is 1. The van der Waals surface area contributed by atoms with Crippen molar-refractivity contribution >= 4 is 22.8 Å². The molecule has 1 amide bonds. The standard InChI is InChI=1S/C24H21F2N7O2/c1-2-19(34)32-10-4-6-15(12-32)33-24-20(23(27)28-13-29-24)21(31-33)17-8-9-18(30-22(17)26)35-16-7-3-5-14(25)11-16/h2-3,5,7-9,11,13,15H,1,4,6,10,12H2,(H2,27,28,29)/t15-/m1/s1. The fourth-order valence-electron chi connectivity index (χ4n) is 4.22. The number of fused-ring (bicyclic) bond motifs is 1. The van der Waals surface area contributed by atoms with Gasteiger partial charge in [-0.05, 0) is 37.1 Å². The molecular formula is C24H21F2N7O2. The predicted molar refractivity (Wildman–Crippen MR) is 124 cm³/mol. The van der Waals surface area contributed by atoms with Gasteiger partial charge in [0.05, 0.1) is 17.0 Å². The van der Waals surface area contributed by atoms with Gasteiger partial charge < -0.3 is 15.4 Å². The molecule has 3 aromatic heterocycles. The largest absolute Gasteiger partial charge is 0.439 e. The van der Waals surface area contributed by atoms with Gasteiger partial charge in [-0.1, -0.05) is 12.6 Å². The molecule has 4 aromatic rings. The van der Waals surface area contributed by atoms with Gasteiger partial charge in [0.1, 0.15) is 29.4 Å². The van der Waals surface area contributed by atoms with E-state index in [2.05, 4.69) is 26.6 Å². The number of halogens is 2. The number of nitrogens with two attached hydrogens (primary N) is 1. The Morgan fingerprint density at radius 2 is 2.09 bits per heavy atom. The van der Waals surface area contributed by atoms with Crippen LogP contribution >= 0.6 is 0 Å². The van der Waals surface area contributed by atoms with E-state index in [4.69, 9.17) is 10.5 Å². The van der Waals surface area contributed by atoms with Gasteiger partial charge in [0.2, 0.25) is 17.7 Å². The second kappa shape index (κ2) is 9.09. The molecule has 178 valence electrons. The molecule has 9 nitrogen and oxygen atoms in total. The third-order valence-corrected chi connectivity index (χ3v) is 5.84. The van der Waals surface area contributed by atoms with Crippen LogP contribution in [0.3, 0.4) is 0 Å². The van der Waals surface area contributed by atoms with E-state index in [-0.39, 0.29) is 40.7 Å². The third kappa shape index (κ3) is 4.27. The van der Waals surface area contributed by atoms with Crippen molar-refractivity contribution in [3.05, 3.63) is 67.1 Å². The summed E-state index contributed by atoms with van der Waals surface area (Å²) in [5.74, 6) is -1.21. The minimum Gasteiger partial charge on any atom is -0.439 e. The number of carbonyl (C=O) groups excluding carboxylic acids is 1. The van der Waals surface area contributed by atoms with Crippen molar-refractivity contribution in [2.75, 3.05) is 18.8 Å². The predicted octanol–water partition coefficient (Wildman–Crippen LogP) is 3.89. The Kier molecular flexibility index (Phi) is 5.81. The van der Waals surface area contributed by atoms with Gasteiger partial charge in [0.15, 0.2) is 5.65 Å². The molecule has 2 N–H and O–H groups in total. The molecule has 0 spiro atoms. The lowest BCUT2D eigenvalue weighted by Gasteiger charge is -2.32. The zero-order valence-electron chi connectivity index (χ0n) is 18.6. The van der Waals surface area contributed by atoms with E-state index in [0.29, 0.717) is 24.1 Å². The molecule has 0 saturated carbocycles. The summed E-state index contributed by atoms with van der Waals surface area (Å²) in [6.07, 6.45) is 4.12. The van der Waals surface area contributed by atoms with Crippen LogP contribution in [0.1, 0.15) is 18.9 Å². The molecule has 1 atom stereocenters. The molecule has 5 rings (SSSR count). The van der Waals surface area contributed by atoms with E-state index >= 15 is 4.39 Å². The van der Waals surface area contributed by atoms with Crippen molar-refractivity contribution in [1.29, 1.82) is 0 Å². The molecule has 1 aromatic carbocycles. The molecule has 0 unspecified atom stereocenters. The number of nitrogen functional groups attached to an aromatic ring is 1. The molecular weight excluding hydrogens is 456 g/mol. The number of hydrogen-bond acceptors (Lipinski definition) is 7. The molecule has 1 fully saturated rings. The van der Waals surface area contributed by atoms with Crippen LogP contribution in [-0.4, -0.2) is 48.6 Å². The summed E-state index contributed by atoms with van der Waals surface area (Å²) >= 11 is 0. The number of nitrogens with zero attached hydrogens (tertiary/aromatic N) is 6. The van der Waals surface area contributed by atoms with Crippen LogP contribution in [-0.2, 0) is 4.79 Å². The Morgan fingerprint density at radius 1 is 1.23 bits per heavy atom. The molecule has 0 bridgehead atoms. The first-order valence-corrected chi connectivity index (χ1v) is 10.9. The van der Waals surface area contributed by atoms with E-state index in [1.165, 1.54) is 48.8 Å². The van der Waals surface area contributed by atoms with Gasteiger partial charge in [0, 0.05) is 25.2 Å². The van der Waals surface area contributed by atoms with Gasteiger partial charge >= 0.3 is 0 Å². The maximum Gasteiger partial charge on any atom is 0.246 e. The summed E-state index contributed by atoms with van der Waals surface area (Å²) in [5, 5.41) is 5.04. The Morgan fingerprint density at radius 3 is 2.86 bits per heavy atom. The minimum absolute atomic E-state index is 0.0457. The maximum atomic E-state index is 15.2. The third-order valence-electron chi connectivity index (χ3n) is 5.84. The van der Waals surface area contributed by atoms with Crippen LogP contribution in [0.2, 0.25) is 0 Å². The van der Waals surface area contributed by atoms with Gasteiger partial charge in [-0.2, -0.15) is 14.5 Å². The Balaban J connectivity index is 1.53. The van der Waals surface area contributed by atoms with E-state index < -0.39 is 11.8 Å². The van der Waals surface area contributed by atoms with E-state index in [1.54, 1.807) is 9.58 Å². The molecule has 11 heteroatoms. The zero-order chi connectivity index (χ0) is 24.5. The van der Waals surface area contributed by atoms with Crippen molar-refractivity contribution in [3.63, 3.8) is 0 Å². The Labute approximate surface area is 198 Å². The van der Waals surface area contributed by atoms with Crippen LogP contribution < -0.4 is 10.5 Å². The van der Waals surface area contributed by atoms with Crippen LogP contribution in [0.15, 0.2) is 55.4 Å². The summed E-state index contributed by atoms with van der Waals surface area (Å²) in [4.78, 5) is 26.1. The van der Waals surface area contributed by atoms with Crippen molar-refractivity contribution in [1.82, 2.24) is 29.6 Å². The zero-order valence-corrected chi connectivity index (χ0v) is 18.6. The number of piperidine rings is 1. The van der Waals surface area contributed by atoms with Crippen LogP contribution in [0.4, 0.5) is 14.6 Å². The fraction of sp³-hybridized carbons (Fsp3) is 0.208. The maximum absolute atomic E-state index is 15.2. The molecule has 0 radical (unpaired) electrons. The lowest BCUT2D eigenvalue weighted by molar-refractivity contribution is -0.127. The molecule has 4 heterocycles. The minimum atomic E-state index is -0.846. The second-order valence-electron chi connectivity index (χ2n) is 8.08. The molecule has 1 saturated heterocycles. The van der Waals surface area contributed by atoms with Gasteiger partial charge in [-0.15, -0.1) is 0 Å². The number of ether oxygens (including phenoxy) is 1. The quantitative estimate of drug-likeness (QED) is 0.343. The number of amides is 1.